The topological polar surface area (TPSA) is 74.4 Å². The van der Waals surface area contributed by atoms with Crippen molar-refractivity contribution < 1.29 is 19.1 Å². The first-order valence-electron chi connectivity index (χ1n) is 17.5. The lowest BCUT2D eigenvalue weighted by Gasteiger charge is -2.42. The number of nitrogens with one attached hydrogen (secondary N) is 1. The molecule has 1 amide bonds. The maximum absolute atomic E-state index is 14.5. The molecule has 1 atom stereocenters. The molecule has 50 heavy (non-hydrogen) atoms. The highest BCUT2D eigenvalue weighted by Gasteiger charge is 2.43. The van der Waals surface area contributed by atoms with Gasteiger partial charge in [0, 0.05) is 49.4 Å². The predicted octanol–water partition coefficient (Wildman–Crippen LogP) is 7.25. The molecule has 0 aromatic heterocycles. The highest BCUT2D eigenvalue weighted by molar-refractivity contribution is 6.02. The molecule has 8 nitrogen and oxygen atoms in total. The SMILES string of the molecule is COc1cccc(C2C3=C(CC(C)(C)CC3=O)Nc3ccccc3N2CC(=O)N2CCN(C(c3ccccc3)c3ccccc3)CC2)c1OC. The number of hydrogen-bond donors (Lipinski definition) is 1. The summed E-state index contributed by atoms with van der Waals surface area (Å²) >= 11 is 0. The number of benzene rings is 4. The Hall–Kier alpha value is -5.08. The van der Waals surface area contributed by atoms with Crippen LogP contribution in [-0.4, -0.2) is 68.4 Å². The van der Waals surface area contributed by atoms with Crippen molar-refractivity contribution in [3.05, 3.63) is 131 Å². The van der Waals surface area contributed by atoms with Crippen molar-refractivity contribution in [1.29, 1.82) is 0 Å². The Morgan fingerprint density at radius 1 is 0.800 bits per heavy atom. The zero-order valence-corrected chi connectivity index (χ0v) is 29.4. The molecule has 8 heteroatoms. The van der Waals surface area contributed by atoms with Crippen LogP contribution in [0.2, 0.25) is 0 Å². The van der Waals surface area contributed by atoms with E-state index < -0.39 is 6.04 Å². The van der Waals surface area contributed by atoms with Crippen LogP contribution in [0.3, 0.4) is 0 Å². The molecular formula is C42H46N4O4. The fourth-order valence-electron chi connectivity index (χ4n) is 8.04. The second kappa shape index (κ2) is 14.0. The largest absolute Gasteiger partial charge is 0.493 e. The van der Waals surface area contributed by atoms with Crippen LogP contribution in [0.15, 0.2) is 114 Å². The summed E-state index contributed by atoms with van der Waals surface area (Å²) in [5.41, 5.74) is 6.38. The second-order valence-electron chi connectivity index (χ2n) is 14.2. The molecular weight excluding hydrogens is 624 g/mol. The standard InChI is InChI=1S/C42H46N4O4/c1-42(2)26-33-38(35(47)27-42)40(31-18-13-21-36(49-3)41(31)50-4)46(34-20-12-11-19-32(34)43-33)28-37(48)44-22-24-45(25-23-44)39(29-14-7-5-8-15-29)30-16-9-6-10-17-30/h5-21,39-40,43H,22-28H2,1-4H3. The van der Waals surface area contributed by atoms with E-state index in [0.717, 1.165) is 35.7 Å². The smallest absolute Gasteiger partial charge is 0.242 e. The first-order valence-corrected chi connectivity index (χ1v) is 17.5. The third kappa shape index (κ3) is 6.48. The van der Waals surface area contributed by atoms with Gasteiger partial charge in [0.2, 0.25) is 5.91 Å². The average Bonchev–Trinajstić information content (AvgIpc) is 3.26. The first kappa shape index (κ1) is 33.4. The van der Waals surface area contributed by atoms with Crippen LogP contribution in [0, 0.1) is 5.41 Å². The molecule has 0 radical (unpaired) electrons. The number of allylic oxidation sites excluding steroid dienone is 1. The molecule has 1 unspecified atom stereocenters. The second-order valence-corrected chi connectivity index (χ2v) is 14.2. The minimum atomic E-state index is -0.569. The lowest BCUT2D eigenvalue weighted by atomic mass is 9.73. The van der Waals surface area contributed by atoms with Crippen molar-refractivity contribution in [2.24, 2.45) is 5.41 Å². The van der Waals surface area contributed by atoms with E-state index >= 15 is 0 Å². The zero-order chi connectivity index (χ0) is 34.8. The summed E-state index contributed by atoms with van der Waals surface area (Å²) in [6.45, 7) is 7.07. The van der Waals surface area contributed by atoms with Crippen LogP contribution in [0.4, 0.5) is 11.4 Å². The number of Topliss-reactive ketones (excluding diaryl/α,β-unsaturated/α-hetero) is 1. The predicted molar refractivity (Wildman–Crippen MR) is 198 cm³/mol. The molecule has 1 fully saturated rings. The van der Waals surface area contributed by atoms with Crippen LogP contribution in [-0.2, 0) is 9.59 Å². The van der Waals surface area contributed by atoms with Gasteiger partial charge in [-0.2, -0.15) is 0 Å². The number of ketones is 1. The fourth-order valence-corrected chi connectivity index (χ4v) is 8.04. The number of nitrogens with zero attached hydrogens (tertiary/aromatic N) is 3. The van der Waals surface area contributed by atoms with Crippen LogP contribution in [0.25, 0.3) is 0 Å². The van der Waals surface area contributed by atoms with E-state index in [-0.39, 0.29) is 29.7 Å². The van der Waals surface area contributed by atoms with Gasteiger partial charge in [-0.3, -0.25) is 14.5 Å². The lowest BCUT2D eigenvalue weighted by molar-refractivity contribution is -0.131. The van der Waals surface area contributed by atoms with Gasteiger partial charge in [-0.05, 0) is 41.2 Å². The number of rotatable bonds is 8. The lowest BCUT2D eigenvalue weighted by Crippen LogP contribution is -2.52. The number of hydrogen-bond acceptors (Lipinski definition) is 7. The third-order valence-corrected chi connectivity index (χ3v) is 10.3. The summed E-state index contributed by atoms with van der Waals surface area (Å²) in [6.07, 6.45) is 1.12. The van der Waals surface area contributed by atoms with Crippen LogP contribution in [0.5, 0.6) is 11.5 Å². The number of amides is 1. The van der Waals surface area contributed by atoms with Gasteiger partial charge in [-0.1, -0.05) is 98.8 Å². The summed E-state index contributed by atoms with van der Waals surface area (Å²) in [5.74, 6) is 1.23. The Morgan fingerprint density at radius 3 is 2.08 bits per heavy atom. The molecule has 1 saturated heterocycles. The molecule has 0 bridgehead atoms. The molecule has 3 aliphatic rings. The van der Waals surface area contributed by atoms with Crippen molar-refractivity contribution in [3.63, 3.8) is 0 Å². The summed E-state index contributed by atoms with van der Waals surface area (Å²) in [7, 11) is 3.24. The minimum Gasteiger partial charge on any atom is -0.493 e. The van der Waals surface area contributed by atoms with E-state index in [2.05, 4.69) is 77.5 Å². The summed E-state index contributed by atoms with van der Waals surface area (Å²) in [4.78, 5) is 35.3. The molecule has 4 aromatic rings. The molecule has 258 valence electrons. The highest BCUT2D eigenvalue weighted by atomic mass is 16.5. The molecule has 2 heterocycles. The van der Waals surface area contributed by atoms with Crippen LogP contribution >= 0.6 is 0 Å². The Labute approximate surface area is 295 Å². The zero-order valence-electron chi connectivity index (χ0n) is 29.4. The normalized spacial score (nSPS) is 19.0. The van der Waals surface area contributed by atoms with E-state index in [1.165, 1.54) is 11.1 Å². The molecule has 4 aromatic carbocycles. The maximum atomic E-state index is 14.5. The Bertz CT molecular complexity index is 1840. The number of carbonyl (C=O) groups excluding carboxylic acids is 2. The van der Waals surface area contributed by atoms with Gasteiger partial charge in [0.05, 0.1) is 44.2 Å². The number of methoxy groups -OCH3 is 2. The highest BCUT2D eigenvalue weighted by Crippen LogP contribution is 2.50. The summed E-state index contributed by atoms with van der Waals surface area (Å²) in [6, 6.07) is 34.5. The van der Waals surface area contributed by atoms with E-state index in [9.17, 15) is 9.59 Å². The molecule has 7 rings (SSSR count). The monoisotopic (exact) mass is 670 g/mol. The van der Waals surface area contributed by atoms with Gasteiger partial charge >= 0.3 is 0 Å². The number of carbonyl (C=O) groups is 2. The Kier molecular flexibility index (Phi) is 9.38. The van der Waals surface area contributed by atoms with Crippen molar-refractivity contribution in [2.75, 3.05) is 57.2 Å². The molecule has 1 N–H and O–H groups in total. The number of fused-ring (bicyclic) bond motifs is 1. The molecule has 0 saturated carbocycles. The van der Waals surface area contributed by atoms with Gasteiger partial charge in [0.15, 0.2) is 17.3 Å². The van der Waals surface area contributed by atoms with E-state index in [1.807, 2.05) is 59.5 Å². The molecule has 0 spiro atoms. The minimum absolute atomic E-state index is 0.0231. The van der Waals surface area contributed by atoms with Gasteiger partial charge in [-0.15, -0.1) is 0 Å². The quantitative estimate of drug-likeness (QED) is 0.212. The number of ether oxygens (including phenoxy) is 2. The van der Waals surface area contributed by atoms with Crippen molar-refractivity contribution in [1.82, 2.24) is 9.80 Å². The summed E-state index contributed by atoms with van der Waals surface area (Å²) < 4.78 is 11.7. The van der Waals surface area contributed by atoms with Gasteiger partial charge in [0.25, 0.3) is 0 Å². The number of anilines is 2. The van der Waals surface area contributed by atoms with E-state index in [4.69, 9.17) is 9.47 Å². The van der Waals surface area contributed by atoms with Crippen molar-refractivity contribution in [2.45, 2.75) is 38.8 Å². The molecule has 1 aliphatic carbocycles. The average molecular weight is 671 g/mol. The Morgan fingerprint density at radius 2 is 1.44 bits per heavy atom. The molecule has 2 aliphatic heterocycles. The van der Waals surface area contributed by atoms with Crippen LogP contribution in [0.1, 0.15) is 55.5 Å². The number of para-hydroxylation sites is 3. The number of piperazine rings is 1. The van der Waals surface area contributed by atoms with Crippen molar-refractivity contribution >= 4 is 23.1 Å². The fraction of sp³-hybridized carbons (Fsp3) is 0.333. The first-order chi connectivity index (χ1) is 24.3. The Balaban J connectivity index is 1.23. The maximum Gasteiger partial charge on any atom is 0.242 e. The van der Waals surface area contributed by atoms with Crippen molar-refractivity contribution in [3.8, 4) is 11.5 Å². The van der Waals surface area contributed by atoms with E-state index in [0.29, 0.717) is 43.0 Å². The van der Waals surface area contributed by atoms with Crippen LogP contribution < -0.4 is 19.7 Å². The van der Waals surface area contributed by atoms with Gasteiger partial charge < -0.3 is 24.6 Å². The van der Waals surface area contributed by atoms with Gasteiger partial charge in [0.1, 0.15) is 0 Å². The third-order valence-electron chi connectivity index (χ3n) is 10.3. The van der Waals surface area contributed by atoms with Gasteiger partial charge in [-0.25, -0.2) is 0 Å². The van der Waals surface area contributed by atoms with E-state index in [1.54, 1.807) is 14.2 Å². The summed E-state index contributed by atoms with van der Waals surface area (Å²) in [5, 5.41) is 3.66.